The van der Waals surface area contributed by atoms with E-state index in [2.05, 4.69) is 0 Å². The first-order valence-electron chi connectivity index (χ1n) is 24.0. The van der Waals surface area contributed by atoms with Gasteiger partial charge in [0.1, 0.15) is 165 Å². The van der Waals surface area contributed by atoms with E-state index in [0.717, 1.165) is 0 Å². The lowest BCUT2D eigenvalue weighted by atomic mass is 9.95. The summed E-state index contributed by atoms with van der Waals surface area (Å²) in [5.74, 6) is 0. The van der Waals surface area contributed by atoms with E-state index in [1.807, 2.05) is 0 Å². The van der Waals surface area contributed by atoms with Crippen LogP contribution < -0.4 is 0 Å². The highest BCUT2D eigenvalue weighted by atomic mass is 16.8. The monoisotopic (exact) mass is 1100 g/mol. The number of aliphatic hydroxyl groups excluding tert-OH is 20. The van der Waals surface area contributed by atoms with E-state index < -0.39 is 255 Å². The van der Waals surface area contributed by atoms with Crippen LogP contribution in [-0.2, 0) is 66.3 Å². The Morgan fingerprint density at radius 1 is 0.213 bits per heavy atom. The molecule has 0 amide bonds. The van der Waals surface area contributed by atoms with Crippen molar-refractivity contribution in [2.24, 2.45) is 0 Å². The van der Waals surface area contributed by atoms with Gasteiger partial charge in [0.25, 0.3) is 0 Å². The Bertz CT molecular complexity index is 1760. The molecular formula is C41H68O34. The number of aliphatic hydroxyl groups is 20. The van der Waals surface area contributed by atoms with Gasteiger partial charge in [0.2, 0.25) is 0 Å². The fourth-order valence-electron chi connectivity index (χ4n) is 10.1. The summed E-state index contributed by atoms with van der Waals surface area (Å²) in [4.78, 5) is 0. The highest BCUT2D eigenvalue weighted by Gasteiger charge is 2.59. The summed E-state index contributed by atoms with van der Waals surface area (Å²) in [7, 11) is 0. The first kappa shape index (κ1) is 59.8. The Labute approximate surface area is 423 Å². The zero-order valence-electron chi connectivity index (χ0n) is 39.2. The summed E-state index contributed by atoms with van der Waals surface area (Å²) in [5.41, 5.74) is 0. The summed E-state index contributed by atoms with van der Waals surface area (Å²) >= 11 is 0. The summed E-state index contributed by atoms with van der Waals surface area (Å²) in [6.07, 6.45) is -66.6. The van der Waals surface area contributed by atoms with E-state index in [-0.39, 0.29) is 0 Å². The Morgan fingerprint density at radius 3 is 0.613 bits per heavy atom. The fraction of sp³-hybridized carbons (Fsp3) is 1.00. The zero-order valence-corrected chi connectivity index (χ0v) is 39.2. The van der Waals surface area contributed by atoms with E-state index in [0.29, 0.717) is 0 Å². The molecule has 21 aliphatic rings. The number of ether oxygens (including phenoxy) is 14. The molecule has 21 rings (SSSR count). The van der Waals surface area contributed by atoms with E-state index in [1.54, 1.807) is 0 Å². The molecule has 34 heteroatoms. The first-order valence-corrected chi connectivity index (χ1v) is 24.0. The number of hydrogen-bond acceptors (Lipinski definition) is 34. The third kappa shape index (κ3) is 11.7. The highest BCUT2D eigenvalue weighted by Crippen LogP contribution is 2.38. The molecular weight excluding hydrogens is 1040 g/mol. The molecule has 21 heterocycles. The van der Waals surface area contributed by atoms with Gasteiger partial charge in [-0.25, -0.2) is 0 Å². The van der Waals surface area contributed by atoms with Crippen molar-refractivity contribution in [3.63, 3.8) is 0 Å². The number of rotatable bonds is 6. The molecule has 34 nitrogen and oxygen atoms in total. The maximum Gasteiger partial charge on any atom is 0.187 e. The second-order valence-corrected chi connectivity index (χ2v) is 19.2. The van der Waals surface area contributed by atoms with Crippen LogP contribution in [0.25, 0.3) is 0 Å². The predicted octanol–water partition coefficient (Wildman–Crippen LogP) is -14.6. The average molecular weight is 1100 g/mol. The average Bonchev–Trinajstić information content (AvgIpc) is 3.40. The minimum absolute atomic E-state index is 0.691. The molecule has 436 valence electrons. The Balaban J connectivity index is 1.06. The normalized spacial score (nSPS) is 55.5. The lowest BCUT2D eigenvalue weighted by molar-refractivity contribution is -0.396. The van der Waals surface area contributed by atoms with Crippen molar-refractivity contribution in [1.29, 1.82) is 0 Å². The zero-order chi connectivity index (χ0) is 54.5. The van der Waals surface area contributed by atoms with Crippen molar-refractivity contribution in [1.82, 2.24) is 0 Å². The third-order valence-corrected chi connectivity index (χ3v) is 14.4. The topological polar surface area (TPSA) is 534 Å². The van der Waals surface area contributed by atoms with Gasteiger partial charge in [0.05, 0.1) is 46.2 Å². The van der Waals surface area contributed by atoms with E-state index in [9.17, 15) is 102 Å². The van der Waals surface area contributed by atoms with Crippen molar-refractivity contribution < 1.29 is 168 Å². The summed E-state index contributed by atoms with van der Waals surface area (Å²) in [5, 5.41) is 219. The van der Waals surface area contributed by atoms with Gasteiger partial charge in [-0.1, -0.05) is 0 Å². The smallest absolute Gasteiger partial charge is 0.187 e. The predicted molar refractivity (Wildman–Crippen MR) is 222 cm³/mol. The Hall–Kier alpha value is -1.36. The van der Waals surface area contributed by atoms with Crippen molar-refractivity contribution in [2.75, 3.05) is 46.2 Å². The van der Waals surface area contributed by atoms with Crippen LogP contribution >= 0.6 is 0 Å². The maximum atomic E-state index is 11.3. The molecule has 21 aliphatic heterocycles. The van der Waals surface area contributed by atoms with Crippen molar-refractivity contribution in [3.8, 4) is 0 Å². The molecule has 0 aromatic heterocycles. The molecule has 14 bridgehead atoms. The van der Waals surface area contributed by atoms with Crippen LogP contribution in [0.3, 0.4) is 0 Å². The van der Waals surface area contributed by atoms with Gasteiger partial charge in [-0.05, 0) is 0 Å². The van der Waals surface area contributed by atoms with Crippen molar-refractivity contribution in [3.05, 3.63) is 0 Å². The molecule has 21 fully saturated rings. The van der Waals surface area contributed by atoms with Crippen molar-refractivity contribution in [2.45, 2.75) is 209 Å². The first-order chi connectivity index (χ1) is 35.7. The van der Waals surface area contributed by atoms with Gasteiger partial charge in [0.15, 0.2) is 44.0 Å². The van der Waals surface area contributed by atoms with Crippen LogP contribution in [0, 0.1) is 0 Å². The maximum absolute atomic E-state index is 11.3. The molecule has 34 unspecified atom stereocenters. The van der Waals surface area contributed by atoms with Gasteiger partial charge < -0.3 is 168 Å². The quantitative estimate of drug-likeness (QED) is 0.117. The second kappa shape index (κ2) is 25.2. The lowest BCUT2D eigenvalue weighted by Gasteiger charge is -2.50. The standard InChI is InChI=1S/C41H68O34/c42-1-8-29-17(50)24(57)37(64-8)72-31-10(3-44)66-39(26(59)19(31)52)74-33-12(5-46)68-41(28(61)21(33)54)75-34-13(6-47)67-40(27(60)20(34)53)73-32-11(4-45)65-38(25(58)18(32)51)71-30-9(2-43)63-36(23(56)16(30)49)69-14-7-62-35(70-29)22(55)15(14)48/h8-61H,1-7H2. The fourth-order valence-corrected chi connectivity index (χ4v) is 10.1. The van der Waals surface area contributed by atoms with Gasteiger partial charge >= 0.3 is 0 Å². The molecule has 0 aromatic carbocycles. The van der Waals surface area contributed by atoms with Gasteiger partial charge in [-0.3, -0.25) is 0 Å². The van der Waals surface area contributed by atoms with Gasteiger partial charge in [-0.15, -0.1) is 0 Å². The van der Waals surface area contributed by atoms with Crippen LogP contribution in [-0.4, -0.2) is 357 Å². The summed E-state index contributed by atoms with van der Waals surface area (Å²) in [6, 6.07) is 0. The van der Waals surface area contributed by atoms with Crippen LogP contribution in [0.4, 0.5) is 0 Å². The Morgan fingerprint density at radius 2 is 0.400 bits per heavy atom. The van der Waals surface area contributed by atoms with Gasteiger partial charge in [-0.2, -0.15) is 0 Å². The SMILES string of the molecule is OCC1OC2OC3C(CO)OC(OC4C(CO)OC(OC5C(CO)OC(OC6C(CO)OC(OC7C(CO)OC(OC8COC(OC1C(O)C2O)C(O)C8O)C(O)C7O)C(O)C6O)C(O)C5O)C(O)C4O)C(O)C3O. The van der Waals surface area contributed by atoms with Crippen LogP contribution in [0.5, 0.6) is 0 Å². The van der Waals surface area contributed by atoms with Crippen LogP contribution in [0.2, 0.25) is 0 Å². The largest absolute Gasteiger partial charge is 0.394 e. The minimum Gasteiger partial charge on any atom is -0.394 e. The molecule has 0 aliphatic carbocycles. The van der Waals surface area contributed by atoms with E-state index >= 15 is 0 Å². The Kier molecular flexibility index (Phi) is 20.1. The molecule has 21 saturated heterocycles. The third-order valence-electron chi connectivity index (χ3n) is 14.4. The molecule has 34 atom stereocenters. The number of hydrogen-bond donors (Lipinski definition) is 20. The van der Waals surface area contributed by atoms with Crippen LogP contribution in [0.1, 0.15) is 0 Å². The molecule has 0 aromatic rings. The van der Waals surface area contributed by atoms with Crippen LogP contribution in [0.15, 0.2) is 0 Å². The summed E-state index contributed by atoms with van der Waals surface area (Å²) in [6.45, 7) is -6.80. The molecule has 0 radical (unpaired) electrons. The molecule has 20 N–H and O–H groups in total. The molecule has 75 heavy (non-hydrogen) atoms. The van der Waals surface area contributed by atoms with Gasteiger partial charge in [0, 0.05) is 0 Å². The molecule has 0 saturated carbocycles. The molecule has 0 spiro atoms. The van der Waals surface area contributed by atoms with E-state index in [4.69, 9.17) is 66.3 Å². The van der Waals surface area contributed by atoms with E-state index in [1.165, 1.54) is 0 Å². The lowest BCUT2D eigenvalue weighted by Crippen LogP contribution is -2.68. The summed E-state index contributed by atoms with van der Waals surface area (Å²) < 4.78 is 79.3. The second-order valence-electron chi connectivity index (χ2n) is 19.2. The highest BCUT2D eigenvalue weighted by molar-refractivity contribution is 5.01. The minimum atomic E-state index is -2.19. The van der Waals surface area contributed by atoms with Crippen molar-refractivity contribution >= 4 is 0 Å².